The molecule has 1 fully saturated rings. The second-order valence-electron chi connectivity index (χ2n) is 5.41. The second-order valence-corrected chi connectivity index (χ2v) is 5.81. The first-order chi connectivity index (χ1) is 9.58. The van der Waals surface area contributed by atoms with Crippen molar-refractivity contribution in [1.29, 1.82) is 0 Å². The molecule has 0 radical (unpaired) electrons. The molecular weight excluding hydrogens is 274 g/mol. The highest BCUT2D eigenvalue weighted by Gasteiger charge is 2.19. The predicted molar refractivity (Wildman–Crippen MR) is 84.7 cm³/mol. The molecule has 2 rings (SSSR count). The molecule has 1 aromatic rings. The molecule has 1 aromatic carbocycles. The number of amides is 1. The number of carbonyl (C=O) groups excluding carboxylic acids is 1. The van der Waals surface area contributed by atoms with Gasteiger partial charge >= 0.3 is 0 Å². The zero-order valence-corrected chi connectivity index (χ0v) is 12.8. The fourth-order valence-corrected chi connectivity index (χ4v) is 2.78. The van der Waals surface area contributed by atoms with Crippen LogP contribution in [0.25, 0.3) is 0 Å². The summed E-state index contributed by atoms with van der Waals surface area (Å²) in [5.74, 6) is 0.0283. The van der Waals surface area contributed by atoms with E-state index in [2.05, 4.69) is 10.6 Å². The van der Waals surface area contributed by atoms with Crippen molar-refractivity contribution in [3.63, 3.8) is 0 Å². The summed E-state index contributed by atoms with van der Waals surface area (Å²) in [6.07, 6.45) is 4.34. The van der Waals surface area contributed by atoms with E-state index in [1.165, 1.54) is 6.42 Å². The van der Waals surface area contributed by atoms with E-state index in [1.807, 2.05) is 31.1 Å². The Bertz CT molecular complexity index is 468. The average molecular weight is 296 g/mol. The van der Waals surface area contributed by atoms with Crippen molar-refractivity contribution in [3.05, 3.63) is 23.2 Å². The fraction of sp³-hybridized carbons (Fsp3) is 0.533. The van der Waals surface area contributed by atoms with Crippen molar-refractivity contribution in [2.24, 2.45) is 0 Å². The molecule has 1 aliphatic heterocycles. The van der Waals surface area contributed by atoms with Crippen LogP contribution in [0.15, 0.2) is 18.2 Å². The summed E-state index contributed by atoms with van der Waals surface area (Å²) in [5.41, 5.74) is 1.69. The Morgan fingerprint density at radius 3 is 2.85 bits per heavy atom. The zero-order valence-electron chi connectivity index (χ0n) is 12.1. The molecule has 0 spiro atoms. The van der Waals surface area contributed by atoms with Crippen LogP contribution in [0.3, 0.4) is 0 Å². The Balaban J connectivity index is 2.02. The van der Waals surface area contributed by atoms with Crippen molar-refractivity contribution in [1.82, 2.24) is 5.32 Å². The molecule has 2 N–H and O–H groups in total. The highest BCUT2D eigenvalue weighted by Crippen LogP contribution is 2.27. The summed E-state index contributed by atoms with van der Waals surface area (Å²) < 4.78 is 0. The summed E-state index contributed by atoms with van der Waals surface area (Å²) >= 11 is 6.21. The van der Waals surface area contributed by atoms with Gasteiger partial charge in [0.05, 0.1) is 16.8 Å². The maximum absolute atomic E-state index is 12.2. The van der Waals surface area contributed by atoms with E-state index < -0.39 is 0 Å². The van der Waals surface area contributed by atoms with Gasteiger partial charge < -0.3 is 15.5 Å². The zero-order chi connectivity index (χ0) is 14.5. The predicted octanol–water partition coefficient (Wildman–Crippen LogP) is 2.88. The number of nitrogens with zero attached hydrogens (tertiary/aromatic N) is 1. The molecule has 1 atom stereocenters. The number of anilines is 2. The molecule has 0 bridgehead atoms. The highest BCUT2D eigenvalue weighted by molar-refractivity contribution is 6.33. The largest absolute Gasteiger partial charge is 0.376 e. The van der Waals surface area contributed by atoms with Crippen LogP contribution in [0, 0.1) is 0 Å². The van der Waals surface area contributed by atoms with Gasteiger partial charge in [-0.3, -0.25) is 4.79 Å². The van der Waals surface area contributed by atoms with Gasteiger partial charge in [0.25, 0.3) is 0 Å². The van der Waals surface area contributed by atoms with Crippen LogP contribution < -0.4 is 15.5 Å². The molecule has 5 heteroatoms. The third kappa shape index (κ3) is 3.87. The number of halogens is 1. The molecule has 110 valence electrons. The smallest absolute Gasteiger partial charge is 0.241 e. The Morgan fingerprint density at radius 1 is 1.35 bits per heavy atom. The first kappa shape index (κ1) is 15.1. The number of carbonyl (C=O) groups is 1. The van der Waals surface area contributed by atoms with Crippen molar-refractivity contribution in [2.45, 2.75) is 31.7 Å². The molecule has 1 aliphatic rings. The SMILES string of the molecule is CN(C)c1ccc(NC(=O)C2CCCCCN2)cc1Cl. The molecule has 0 aliphatic carbocycles. The lowest BCUT2D eigenvalue weighted by Crippen LogP contribution is -2.39. The highest BCUT2D eigenvalue weighted by atomic mass is 35.5. The summed E-state index contributed by atoms with van der Waals surface area (Å²) in [7, 11) is 3.88. The molecule has 0 saturated carbocycles. The lowest BCUT2D eigenvalue weighted by atomic mass is 10.1. The lowest BCUT2D eigenvalue weighted by Gasteiger charge is -2.18. The van der Waals surface area contributed by atoms with Gasteiger partial charge in [0.15, 0.2) is 0 Å². The quantitative estimate of drug-likeness (QED) is 0.901. The van der Waals surface area contributed by atoms with Gasteiger partial charge in [0.1, 0.15) is 0 Å². The summed E-state index contributed by atoms with van der Waals surface area (Å²) in [5, 5.41) is 6.87. The first-order valence-corrected chi connectivity index (χ1v) is 7.47. The Kier molecular flexibility index (Phi) is 5.26. The molecule has 4 nitrogen and oxygen atoms in total. The first-order valence-electron chi connectivity index (χ1n) is 7.09. The number of hydrogen-bond donors (Lipinski definition) is 2. The third-order valence-corrected chi connectivity index (χ3v) is 3.88. The van der Waals surface area contributed by atoms with Gasteiger partial charge in [-0.1, -0.05) is 24.4 Å². The third-order valence-electron chi connectivity index (χ3n) is 3.57. The minimum Gasteiger partial charge on any atom is -0.376 e. The van der Waals surface area contributed by atoms with E-state index in [-0.39, 0.29) is 11.9 Å². The summed E-state index contributed by atoms with van der Waals surface area (Å²) in [4.78, 5) is 14.2. The van der Waals surface area contributed by atoms with Crippen LogP contribution >= 0.6 is 11.6 Å². The van der Waals surface area contributed by atoms with Crippen molar-refractivity contribution < 1.29 is 4.79 Å². The molecule has 20 heavy (non-hydrogen) atoms. The molecule has 0 aromatic heterocycles. The lowest BCUT2D eigenvalue weighted by molar-refractivity contribution is -0.118. The van der Waals surface area contributed by atoms with E-state index >= 15 is 0 Å². The minimum absolute atomic E-state index is 0.0283. The summed E-state index contributed by atoms with van der Waals surface area (Å²) in [6.45, 7) is 0.915. The monoisotopic (exact) mass is 295 g/mol. The van der Waals surface area contributed by atoms with E-state index in [4.69, 9.17) is 11.6 Å². The number of nitrogens with one attached hydrogen (secondary N) is 2. The average Bonchev–Trinajstić information content (AvgIpc) is 2.67. The van der Waals surface area contributed by atoms with E-state index in [1.54, 1.807) is 6.07 Å². The second kappa shape index (κ2) is 6.95. The number of rotatable bonds is 3. The number of benzene rings is 1. The van der Waals surface area contributed by atoms with Crippen LogP contribution in [0.1, 0.15) is 25.7 Å². The van der Waals surface area contributed by atoms with Gasteiger partial charge in [-0.15, -0.1) is 0 Å². The van der Waals surface area contributed by atoms with Gasteiger partial charge in [0.2, 0.25) is 5.91 Å². The van der Waals surface area contributed by atoms with E-state index in [0.29, 0.717) is 5.02 Å². The standard InChI is InChI=1S/C15H22ClN3O/c1-19(2)14-8-7-11(10-12(14)16)18-15(20)13-6-4-3-5-9-17-13/h7-8,10,13,17H,3-6,9H2,1-2H3,(H,18,20). The Hall–Kier alpha value is -1.26. The minimum atomic E-state index is -0.0928. The van der Waals surface area contributed by atoms with Crippen molar-refractivity contribution in [3.8, 4) is 0 Å². The van der Waals surface area contributed by atoms with Gasteiger partial charge in [-0.2, -0.15) is 0 Å². The van der Waals surface area contributed by atoms with Crippen LogP contribution in [0.2, 0.25) is 5.02 Å². The van der Waals surface area contributed by atoms with Gasteiger partial charge in [-0.05, 0) is 37.6 Å². The van der Waals surface area contributed by atoms with Crippen LogP contribution in [-0.2, 0) is 4.79 Å². The Morgan fingerprint density at radius 2 is 2.15 bits per heavy atom. The topological polar surface area (TPSA) is 44.4 Å². The maximum Gasteiger partial charge on any atom is 0.241 e. The van der Waals surface area contributed by atoms with Crippen LogP contribution in [0.4, 0.5) is 11.4 Å². The van der Waals surface area contributed by atoms with E-state index in [9.17, 15) is 4.79 Å². The van der Waals surface area contributed by atoms with Crippen molar-refractivity contribution >= 4 is 28.9 Å². The van der Waals surface area contributed by atoms with Crippen molar-refractivity contribution in [2.75, 3.05) is 30.9 Å². The van der Waals surface area contributed by atoms with Crippen LogP contribution in [0.5, 0.6) is 0 Å². The molecule has 1 saturated heterocycles. The molecular formula is C15H22ClN3O. The van der Waals surface area contributed by atoms with Crippen LogP contribution in [-0.4, -0.2) is 32.6 Å². The molecule has 1 unspecified atom stereocenters. The van der Waals surface area contributed by atoms with E-state index in [0.717, 1.165) is 37.2 Å². The maximum atomic E-state index is 12.2. The van der Waals surface area contributed by atoms with Gasteiger partial charge in [0, 0.05) is 19.8 Å². The fourth-order valence-electron chi connectivity index (χ4n) is 2.43. The molecule has 1 amide bonds. The molecule has 1 heterocycles. The number of hydrogen-bond acceptors (Lipinski definition) is 3. The van der Waals surface area contributed by atoms with Gasteiger partial charge in [-0.25, -0.2) is 0 Å². The summed E-state index contributed by atoms with van der Waals surface area (Å²) in [6, 6.07) is 5.50. The Labute approximate surface area is 125 Å². The normalized spacial score (nSPS) is 19.2.